The van der Waals surface area contributed by atoms with Crippen LogP contribution < -0.4 is 0 Å². The van der Waals surface area contributed by atoms with E-state index in [2.05, 4.69) is 20.9 Å². The third-order valence-electron chi connectivity index (χ3n) is 3.56. The maximum absolute atomic E-state index is 14.0. The molecule has 0 amide bonds. The van der Waals surface area contributed by atoms with E-state index in [0.717, 1.165) is 22.9 Å². The second-order valence-corrected chi connectivity index (χ2v) is 6.28. The molecule has 3 aromatic rings. The number of rotatable bonds is 2. The van der Waals surface area contributed by atoms with Gasteiger partial charge in [0.1, 0.15) is 17.2 Å². The largest absolute Gasteiger partial charge is 0.508 e. The lowest BCUT2D eigenvalue weighted by Gasteiger charge is -2.15. The lowest BCUT2D eigenvalue weighted by molar-refractivity contribution is 0.197. The van der Waals surface area contributed by atoms with Crippen LogP contribution in [0, 0.1) is 5.82 Å². The van der Waals surface area contributed by atoms with Gasteiger partial charge in [-0.15, -0.1) is 0 Å². The molecule has 0 aliphatic carbocycles. The number of nitrogens with zero attached hydrogens (tertiary/aromatic N) is 2. The molecule has 5 nitrogen and oxygen atoms in total. The number of aromatic hydroxyl groups is 1. The molecule has 0 unspecified atom stereocenters. The van der Waals surface area contributed by atoms with Gasteiger partial charge in [0.25, 0.3) is 0 Å². The molecule has 2 aromatic heterocycles. The molecule has 0 aliphatic rings. The van der Waals surface area contributed by atoms with Crippen LogP contribution in [0.25, 0.3) is 11.0 Å². The topological polar surface area (TPSA) is 75.4 Å². The average molecular weight is 417 g/mol. The Morgan fingerprint density at radius 2 is 2.29 bits per heavy atom. The Morgan fingerprint density at radius 1 is 1.54 bits per heavy atom. The monoisotopic (exact) mass is 415 g/mol. The number of phenolic OH excluding ortho intramolecular Hbond substituents is 1. The van der Waals surface area contributed by atoms with Gasteiger partial charge in [-0.05, 0) is 39.7 Å². The van der Waals surface area contributed by atoms with E-state index in [0.29, 0.717) is 4.47 Å². The molecule has 1 aromatic carbocycles. The lowest BCUT2D eigenvalue weighted by atomic mass is 9.92. The Labute approximate surface area is 153 Å². The van der Waals surface area contributed by atoms with E-state index in [1.165, 1.54) is 12.3 Å². The average Bonchev–Trinajstić information content (AvgIpc) is 2.92. The molecule has 124 valence electrons. The smallest absolute Gasteiger partial charge is 0.417 e. The highest BCUT2D eigenvalue weighted by Crippen LogP contribution is 2.40. The molecular weight excluding hydrogens is 403 g/mol. The molecule has 0 spiro atoms. The first-order valence-corrected chi connectivity index (χ1v) is 7.76. The molecule has 0 bridgehead atoms. The number of benzene rings is 1. The highest BCUT2D eigenvalue weighted by Gasteiger charge is 2.24. The van der Waals surface area contributed by atoms with Crippen LogP contribution in [0.3, 0.4) is 0 Å². The lowest BCUT2D eigenvalue weighted by Crippen LogP contribution is -2.06. The minimum atomic E-state index is -2.77. The fraction of sp³-hybridized carbons (Fsp3) is 0.125. The summed E-state index contributed by atoms with van der Waals surface area (Å²) in [5.41, 5.74) is -0.327. The zero-order valence-electron chi connectivity index (χ0n) is 14.8. The van der Waals surface area contributed by atoms with Gasteiger partial charge in [-0.2, -0.15) is 0 Å². The number of pyridine rings is 1. The Morgan fingerprint density at radius 3 is 2.96 bits per heavy atom. The van der Waals surface area contributed by atoms with E-state index in [1.807, 2.05) is 0 Å². The normalized spacial score (nSPS) is 14.9. The standard InChI is InChI=1S/C16H11BrClFN2O3/c1-7(13-12(22)3-2-11(19)14(13)18)10-6-21(16(23)24)15-9(10)4-8(17)5-20-15/h2-7,22H,1H3,(H,23,24)/t7-/m0/s1/i1D3. The molecule has 3 rings (SSSR count). The van der Waals surface area contributed by atoms with Gasteiger partial charge in [-0.25, -0.2) is 18.7 Å². The first kappa shape index (κ1) is 13.2. The summed E-state index contributed by atoms with van der Waals surface area (Å²) in [6.45, 7) is -2.77. The molecule has 0 saturated heterocycles. The number of hydrogen-bond donors (Lipinski definition) is 2. The van der Waals surface area contributed by atoms with Gasteiger partial charge in [0.05, 0.1) is 5.02 Å². The van der Waals surface area contributed by atoms with Crippen LogP contribution >= 0.6 is 27.5 Å². The van der Waals surface area contributed by atoms with Gasteiger partial charge in [-0.1, -0.05) is 18.5 Å². The number of halogens is 3. The van der Waals surface area contributed by atoms with Gasteiger partial charge in [0.2, 0.25) is 0 Å². The third kappa shape index (κ3) is 2.63. The first-order chi connectivity index (χ1) is 12.5. The summed E-state index contributed by atoms with van der Waals surface area (Å²) in [7, 11) is 0. The first-order valence-electron chi connectivity index (χ1n) is 8.09. The van der Waals surface area contributed by atoms with Crippen molar-refractivity contribution in [2.24, 2.45) is 0 Å². The fourth-order valence-corrected chi connectivity index (χ4v) is 3.07. The van der Waals surface area contributed by atoms with Crippen molar-refractivity contribution in [1.82, 2.24) is 9.55 Å². The van der Waals surface area contributed by atoms with Crippen molar-refractivity contribution < 1.29 is 23.5 Å². The van der Waals surface area contributed by atoms with Crippen LogP contribution in [0.2, 0.25) is 5.02 Å². The van der Waals surface area contributed by atoms with Crippen LogP contribution in [-0.2, 0) is 0 Å². The van der Waals surface area contributed by atoms with Gasteiger partial charge in [0, 0.05) is 37.8 Å². The quantitative estimate of drug-likeness (QED) is 0.618. The van der Waals surface area contributed by atoms with Crippen molar-refractivity contribution in [2.45, 2.75) is 12.8 Å². The van der Waals surface area contributed by atoms with Crippen molar-refractivity contribution in [3.05, 3.63) is 57.0 Å². The van der Waals surface area contributed by atoms with Crippen LogP contribution in [0.15, 0.2) is 35.1 Å². The Balaban J connectivity index is 2.42. The molecule has 1 atom stereocenters. The zero-order chi connectivity index (χ0) is 20.1. The second kappa shape index (κ2) is 6.07. The summed E-state index contributed by atoms with van der Waals surface area (Å²) in [6.07, 6.45) is 1.08. The summed E-state index contributed by atoms with van der Waals surface area (Å²) in [4.78, 5) is 15.6. The third-order valence-corrected chi connectivity index (χ3v) is 4.37. The Hall–Kier alpha value is -2.12. The van der Waals surface area contributed by atoms with Crippen LogP contribution in [0.4, 0.5) is 9.18 Å². The Bertz CT molecular complexity index is 1070. The number of aromatic nitrogens is 2. The van der Waals surface area contributed by atoms with Crippen LogP contribution in [0.5, 0.6) is 5.75 Å². The predicted octanol–water partition coefficient (Wildman–Crippen LogP) is 4.97. The molecule has 0 aliphatic heterocycles. The number of carbonyl (C=O) groups is 1. The predicted molar refractivity (Wildman–Crippen MR) is 91.4 cm³/mol. The van der Waals surface area contributed by atoms with Crippen molar-refractivity contribution in [3.63, 3.8) is 0 Å². The number of phenols is 1. The van der Waals surface area contributed by atoms with E-state index < -0.39 is 35.5 Å². The molecule has 24 heavy (non-hydrogen) atoms. The van der Waals surface area contributed by atoms with Crippen molar-refractivity contribution >= 4 is 44.7 Å². The van der Waals surface area contributed by atoms with Gasteiger partial charge in [-0.3, -0.25) is 0 Å². The highest BCUT2D eigenvalue weighted by atomic mass is 79.9. The summed E-state index contributed by atoms with van der Waals surface area (Å²) < 4.78 is 39.0. The molecule has 8 heteroatoms. The van der Waals surface area contributed by atoms with E-state index in [9.17, 15) is 19.4 Å². The Kier molecular flexibility index (Phi) is 3.34. The van der Waals surface area contributed by atoms with Crippen molar-refractivity contribution in [3.8, 4) is 5.75 Å². The van der Waals surface area contributed by atoms with E-state index in [4.69, 9.17) is 15.7 Å². The van der Waals surface area contributed by atoms with Gasteiger partial charge >= 0.3 is 6.09 Å². The number of hydrogen-bond acceptors (Lipinski definition) is 3. The maximum atomic E-state index is 14.0. The fourth-order valence-electron chi connectivity index (χ4n) is 2.47. The zero-order valence-corrected chi connectivity index (χ0v) is 14.1. The summed E-state index contributed by atoms with van der Waals surface area (Å²) in [5.74, 6) is -3.00. The van der Waals surface area contributed by atoms with E-state index in [-0.39, 0.29) is 22.2 Å². The molecule has 2 heterocycles. The van der Waals surface area contributed by atoms with E-state index in [1.54, 1.807) is 0 Å². The summed E-state index contributed by atoms with van der Waals surface area (Å²) in [5, 5.41) is 19.3. The molecule has 0 saturated carbocycles. The highest BCUT2D eigenvalue weighted by molar-refractivity contribution is 9.10. The van der Waals surface area contributed by atoms with Crippen LogP contribution in [-0.4, -0.2) is 25.9 Å². The second-order valence-electron chi connectivity index (χ2n) is 4.99. The SMILES string of the molecule is [2H]C([2H])([2H])[C@H](c1c(O)ccc(F)c1Cl)c1cn(C(=O)O)c2ncc(Br)cc12. The van der Waals surface area contributed by atoms with Gasteiger partial charge in [0.15, 0.2) is 0 Å². The molecule has 0 radical (unpaired) electrons. The van der Waals surface area contributed by atoms with E-state index >= 15 is 0 Å². The minimum Gasteiger partial charge on any atom is -0.508 e. The molecule has 2 N–H and O–H groups in total. The van der Waals surface area contributed by atoms with Crippen LogP contribution in [0.1, 0.15) is 28.0 Å². The number of fused-ring (bicyclic) bond motifs is 1. The maximum Gasteiger partial charge on any atom is 0.417 e. The summed E-state index contributed by atoms with van der Waals surface area (Å²) in [6, 6.07) is 3.41. The summed E-state index contributed by atoms with van der Waals surface area (Å²) >= 11 is 9.18. The molecule has 0 fully saturated rings. The molecular formula is C16H11BrClFN2O3. The van der Waals surface area contributed by atoms with Crippen molar-refractivity contribution in [1.29, 1.82) is 0 Å². The van der Waals surface area contributed by atoms with Gasteiger partial charge < -0.3 is 10.2 Å². The van der Waals surface area contributed by atoms with Crippen molar-refractivity contribution in [2.75, 3.05) is 0 Å². The number of carboxylic acid groups (broad SMARTS) is 1. The minimum absolute atomic E-state index is 0.00182.